The van der Waals surface area contributed by atoms with Crippen LogP contribution in [0.4, 0.5) is 0 Å². The number of halogens is 1. The Morgan fingerprint density at radius 1 is 1.36 bits per heavy atom. The highest BCUT2D eigenvalue weighted by atomic mass is 35.5. The van der Waals surface area contributed by atoms with Crippen LogP contribution in [-0.2, 0) is 11.3 Å². The largest absolute Gasteiger partial charge is 0.457 e. The third-order valence-electron chi connectivity index (χ3n) is 5.99. The van der Waals surface area contributed by atoms with Gasteiger partial charge in [0.25, 0.3) is 0 Å². The predicted molar refractivity (Wildman–Crippen MR) is 98.1 cm³/mol. The normalized spacial score (nSPS) is 27.0. The molecule has 5 nitrogen and oxygen atoms in total. The van der Waals surface area contributed by atoms with Crippen LogP contribution in [0.3, 0.4) is 0 Å². The lowest BCUT2D eigenvalue weighted by molar-refractivity contribution is 0.0535. The molecule has 2 fully saturated rings. The number of carbonyl (C=O) groups is 1. The van der Waals surface area contributed by atoms with E-state index < -0.39 is 6.10 Å². The topological polar surface area (TPSA) is 61.8 Å². The molecule has 1 unspecified atom stereocenters. The number of ether oxygens (including phenoxy) is 1. The fourth-order valence-electron chi connectivity index (χ4n) is 4.67. The van der Waals surface area contributed by atoms with Crippen LogP contribution in [0.25, 0.3) is 0 Å². The molecule has 6 heteroatoms. The Bertz CT molecular complexity index is 658. The molecule has 0 radical (unpaired) electrons. The molecular formula is C19H27ClN2O3. The molecule has 138 valence electrons. The van der Waals surface area contributed by atoms with Crippen LogP contribution in [0.15, 0.2) is 12.1 Å². The van der Waals surface area contributed by atoms with Crippen molar-refractivity contribution < 1.29 is 14.6 Å². The van der Waals surface area contributed by atoms with Crippen molar-refractivity contribution in [3.8, 4) is 0 Å². The number of aliphatic hydroxyl groups is 1. The van der Waals surface area contributed by atoms with Crippen LogP contribution in [0.2, 0.25) is 0 Å². The number of fused-ring (bicyclic) bond motifs is 1. The first-order valence-electron chi connectivity index (χ1n) is 9.03. The van der Waals surface area contributed by atoms with E-state index in [1.807, 2.05) is 13.0 Å². The number of cyclic esters (lactones) is 1. The lowest BCUT2D eigenvalue weighted by Gasteiger charge is -2.41. The predicted octanol–water partition coefficient (Wildman–Crippen LogP) is 2.34. The summed E-state index contributed by atoms with van der Waals surface area (Å²) in [5.41, 5.74) is 3.77. The van der Waals surface area contributed by atoms with Crippen LogP contribution < -0.4 is 5.32 Å². The number of likely N-dealkylation sites (tertiary alicyclic amines) is 1. The van der Waals surface area contributed by atoms with E-state index in [9.17, 15) is 9.90 Å². The summed E-state index contributed by atoms with van der Waals surface area (Å²) in [6.07, 6.45) is 4.41. The molecule has 0 aliphatic carbocycles. The highest BCUT2D eigenvalue weighted by Crippen LogP contribution is 2.32. The van der Waals surface area contributed by atoms with Gasteiger partial charge in [-0.05, 0) is 62.9 Å². The fraction of sp³-hybridized carbons (Fsp3) is 0.632. The monoisotopic (exact) mass is 366 g/mol. The molecule has 1 aromatic carbocycles. The number of hydrogen-bond acceptors (Lipinski definition) is 5. The Morgan fingerprint density at radius 2 is 2.16 bits per heavy atom. The van der Waals surface area contributed by atoms with Crippen LogP contribution in [0, 0.1) is 6.92 Å². The van der Waals surface area contributed by atoms with Gasteiger partial charge in [-0.3, -0.25) is 4.90 Å². The zero-order chi connectivity index (χ0) is 16.7. The lowest BCUT2D eigenvalue weighted by atomic mass is 9.87. The molecular weight excluding hydrogens is 340 g/mol. The van der Waals surface area contributed by atoms with Gasteiger partial charge in [0, 0.05) is 24.2 Å². The van der Waals surface area contributed by atoms with Crippen molar-refractivity contribution in [2.24, 2.45) is 0 Å². The third kappa shape index (κ3) is 3.43. The molecule has 3 aliphatic rings. The van der Waals surface area contributed by atoms with Crippen molar-refractivity contribution >= 4 is 18.4 Å². The minimum atomic E-state index is -0.525. The Hall–Kier alpha value is -1.14. The smallest absolute Gasteiger partial charge is 0.338 e. The van der Waals surface area contributed by atoms with Crippen LogP contribution in [0.5, 0.6) is 0 Å². The van der Waals surface area contributed by atoms with E-state index in [1.165, 1.54) is 25.7 Å². The quantitative estimate of drug-likeness (QED) is 0.804. The van der Waals surface area contributed by atoms with Gasteiger partial charge in [-0.1, -0.05) is 6.07 Å². The van der Waals surface area contributed by atoms with Crippen molar-refractivity contribution in [3.63, 3.8) is 0 Å². The summed E-state index contributed by atoms with van der Waals surface area (Å²) >= 11 is 0. The van der Waals surface area contributed by atoms with Gasteiger partial charge in [0.1, 0.15) is 6.61 Å². The minimum absolute atomic E-state index is 0. The number of carbonyl (C=O) groups excluding carboxylic acids is 1. The first-order chi connectivity index (χ1) is 11.6. The molecule has 3 heterocycles. The summed E-state index contributed by atoms with van der Waals surface area (Å²) in [6.45, 7) is 6.15. The zero-order valence-corrected chi connectivity index (χ0v) is 15.5. The molecule has 25 heavy (non-hydrogen) atoms. The van der Waals surface area contributed by atoms with Crippen molar-refractivity contribution in [2.75, 3.05) is 26.2 Å². The van der Waals surface area contributed by atoms with Gasteiger partial charge in [0.15, 0.2) is 0 Å². The molecule has 2 atom stereocenters. The molecule has 0 bridgehead atoms. The molecule has 2 N–H and O–H groups in total. The number of β-amino-alcohol motifs (C(OH)–C–C–N with tert-alkyl or cyclic N) is 1. The Balaban J connectivity index is 0.00000182. The summed E-state index contributed by atoms with van der Waals surface area (Å²) < 4.78 is 5.11. The maximum absolute atomic E-state index is 11.7. The molecule has 0 saturated carbocycles. The average Bonchev–Trinajstić information content (AvgIpc) is 3.16. The number of esters is 1. The van der Waals surface area contributed by atoms with Gasteiger partial charge < -0.3 is 15.2 Å². The van der Waals surface area contributed by atoms with Gasteiger partial charge >= 0.3 is 5.97 Å². The molecule has 0 aromatic heterocycles. The van der Waals surface area contributed by atoms with Crippen LogP contribution >= 0.6 is 12.4 Å². The Kier molecular flexibility index (Phi) is 5.40. The van der Waals surface area contributed by atoms with Crippen molar-refractivity contribution in [3.05, 3.63) is 34.4 Å². The highest BCUT2D eigenvalue weighted by molar-refractivity contribution is 5.93. The van der Waals surface area contributed by atoms with Crippen molar-refractivity contribution in [1.82, 2.24) is 10.2 Å². The zero-order valence-electron chi connectivity index (χ0n) is 14.7. The van der Waals surface area contributed by atoms with Crippen LogP contribution in [-0.4, -0.2) is 47.7 Å². The molecule has 2 saturated heterocycles. The number of hydrogen-bond donors (Lipinski definition) is 2. The summed E-state index contributed by atoms with van der Waals surface area (Å²) in [7, 11) is 0. The van der Waals surface area contributed by atoms with E-state index in [2.05, 4.69) is 10.2 Å². The number of piperidine rings is 1. The first-order valence-corrected chi connectivity index (χ1v) is 9.03. The molecule has 1 aromatic rings. The average molecular weight is 367 g/mol. The second-order valence-corrected chi connectivity index (χ2v) is 7.55. The number of rotatable bonds is 3. The molecule has 1 spiro atoms. The van der Waals surface area contributed by atoms with Gasteiger partial charge in [-0.15, -0.1) is 12.4 Å². The molecule has 0 amide bonds. The van der Waals surface area contributed by atoms with Gasteiger partial charge in [0.2, 0.25) is 0 Å². The second-order valence-electron chi connectivity index (χ2n) is 7.55. The van der Waals surface area contributed by atoms with E-state index in [4.69, 9.17) is 4.74 Å². The number of aliphatic hydroxyl groups excluding tert-OH is 1. The summed E-state index contributed by atoms with van der Waals surface area (Å²) in [4.78, 5) is 14.0. The van der Waals surface area contributed by atoms with Gasteiger partial charge in [-0.2, -0.15) is 0 Å². The van der Waals surface area contributed by atoms with Gasteiger partial charge in [0.05, 0.1) is 11.7 Å². The summed E-state index contributed by atoms with van der Waals surface area (Å²) in [5, 5.41) is 14.5. The highest BCUT2D eigenvalue weighted by Gasteiger charge is 2.38. The van der Waals surface area contributed by atoms with Crippen molar-refractivity contribution in [2.45, 2.75) is 50.9 Å². The fourth-order valence-corrected chi connectivity index (χ4v) is 4.67. The summed E-state index contributed by atoms with van der Waals surface area (Å²) in [5.74, 6) is -0.251. The number of benzene rings is 1. The van der Waals surface area contributed by atoms with Crippen molar-refractivity contribution in [1.29, 1.82) is 0 Å². The molecule has 3 aliphatic heterocycles. The van der Waals surface area contributed by atoms with E-state index >= 15 is 0 Å². The molecule has 4 rings (SSSR count). The SMILES string of the molecule is Cc1c([C@@H](O)CN2CCCC3(CCCN3)C2)ccc2c1COC2=O.Cl. The van der Waals surface area contributed by atoms with E-state index in [-0.39, 0.29) is 23.9 Å². The van der Waals surface area contributed by atoms with E-state index in [0.717, 1.165) is 36.3 Å². The van der Waals surface area contributed by atoms with E-state index in [0.29, 0.717) is 18.7 Å². The van der Waals surface area contributed by atoms with Gasteiger partial charge in [-0.25, -0.2) is 4.79 Å². The maximum Gasteiger partial charge on any atom is 0.338 e. The second kappa shape index (κ2) is 7.23. The third-order valence-corrected chi connectivity index (χ3v) is 5.99. The standard InChI is InChI=1S/C19H26N2O3.ClH/c1-13-14(4-5-15-16(13)11-24-18(15)23)17(22)10-21-9-3-7-19(12-21)6-2-8-20-19;/h4-5,17,20,22H,2-3,6-12H2,1H3;1H/t17-,19?;/m0./s1. The Labute approximate surface area is 155 Å². The number of nitrogens with zero attached hydrogens (tertiary/aromatic N) is 1. The summed E-state index contributed by atoms with van der Waals surface area (Å²) in [6, 6.07) is 3.69. The first kappa shape index (κ1) is 18.6. The van der Waals surface area contributed by atoms with E-state index in [1.54, 1.807) is 6.07 Å². The maximum atomic E-state index is 11.7. The Morgan fingerprint density at radius 3 is 2.92 bits per heavy atom. The lowest BCUT2D eigenvalue weighted by Crippen LogP contribution is -2.54. The minimum Gasteiger partial charge on any atom is -0.457 e. The van der Waals surface area contributed by atoms with Crippen LogP contribution in [0.1, 0.15) is 58.8 Å². The number of nitrogens with one attached hydrogen (secondary N) is 1.